The highest BCUT2D eigenvalue weighted by molar-refractivity contribution is 7.90. The number of sulfone groups is 1. The number of carbonyl (C=O) groups excluding carboxylic acids is 1. The fourth-order valence-electron chi connectivity index (χ4n) is 3.76. The molecule has 3 aromatic rings. The van der Waals surface area contributed by atoms with Crippen molar-refractivity contribution in [3.05, 3.63) is 85.0 Å². The smallest absolute Gasteiger partial charge is 0.262 e. The van der Waals surface area contributed by atoms with Gasteiger partial charge in [0.15, 0.2) is 9.84 Å². The summed E-state index contributed by atoms with van der Waals surface area (Å²) in [6.45, 7) is 1.95. The highest BCUT2D eigenvalue weighted by Crippen LogP contribution is 2.27. The van der Waals surface area contributed by atoms with E-state index in [2.05, 4.69) is 4.98 Å². The third kappa shape index (κ3) is 4.53. The van der Waals surface area contributed by atoms with Gasteiger partial charge in [-0.2, -0.15) is 0 Å². The van der Waals surface area contributed by atoms with Gasteiger partial charge in [0.05, 0.1) is 32.9 Å². The maximum atomic E-state index is 13.3. The predicted molar refractivity (Wildman–Crippen MR) is 127 cm³/mol. The summed E-state index contributed by atoms with van der Waals surface area (Å²) in [5, 5.41) is 0.546. The normalized spacial score (nSPS) is 15.9. The maximum Gasteiger partial charge on any atom is 0.262 e. The van der Waals surface area contributed by atoms with Crippen molar-refractivity contribution in [2.24, 2.45) is 0 Å². The van der Waals surface area contributed by atoms with Crippen LogP contribution in [-0.2, 0) is 22.8 Å². The maximum absolute atomic E-state index is 13.3. The van der Waals surface area contributed by atoms with Crippen LogP contribution in [0.15, 0.2) is 52.2 Å². The molecule has 0 radical (unpaired) electrons. The first-order chi connectivity index (χ1) is 15.5. The summed E-state index contributed by atoms with van der Waals surface area (Å²) in [4.78, 5) is 32.5. The van der Waals surface area contributed by atoms with Gasteiger partial charge in [-0.05, 0) is 67.4 Å². The van der Waals surface area contributed by atoms with E-state index in [1.54, 1.807) is 17.0 Å². The lowest BCUT2D eigenvalue weighted by atomic mass is 9.98. The van der Waals surface area contributed by atoms with Gasteiger partial charge < -0.3 is 4.90 Å². The van der Waals surface area contributed by atoms with Crippen molar-refractivity contribution in [2.45, 2.75) is 30.8 Å². The highest BCUT2D eigenvalue weighted by atomic mass is 35.5. The molecule has 0 saturated heterocycles. The van der Waals surface area contributed by atoms with Gasteiger partial charge in [-0.1, -0.05) is 23.2 Å². The number of carbonyl (C=O) groups is 1. The van der Waals surface area contributed by atoms with Gasteiger partial charge in [-0.3, -0.25) is 14.2 Å². The summed E-state index contributed by atoms with van der Waals surface area (Å²) >= 11 is 18.4. The van der Waals surface area contributed by atoms with Gasteiger partial charge >= 0.3 is 0 Å². The minimum absolute atomic E-state index is 0.0812. The van der Waals surface area contributed by atoms with Crippen molar-refractivity contribution < 1.29 is 13.2 Å². The molecule has 0 saturated carbocycles. The second kappa shape index (κ2) is 8.76. The van der Waals surface area contributed by atoms with E-state index in [1.165, 1.54) is 34.9 Å². The van der Waals surface area contributed by atoms with E-state index >= 15 is 0 Å². The Morgan fingerprint density at radius 3 is 2.33 bits per heavy atom. The van der Waals surface area contributed by atoms with E-state index in [0.717, 1.165) is 6.26 Å². The van der Waals surface area contributed by atoms with Crippen LogP contribution in [0.2, 0.25) is 15.3 Å². The van der Waals surface area contributed by atoms with Crippen LogP contribution in [0.3, 0.4) is 0 Å². The lowest BCUT2D eigenvalue weighted by Crippen LogP contribution is -2.45. The van der Waals surface area contributed by atoms with Crippen LogP contribution in [0, 0.1) is 0 Å². The predicted octanol–water partition coefficient (Wildman–Crippen LogP) is 4.18. The summed E-state index contributed by atoms with van der Waals surface area (Å²) in [6.07, 6.45) is 1.39. The number of halogens is 3. The minimum atomic E-state index is -3.38. The van der Waals surface area contributed by atoms with Crippen LogP contribution in [0.1, 0.15) is 28.5 Å². The van der Waals surface area contributed by atoms with E-state index in [4.69, 9.17) is 34.8 Å². The molecule has 0 fully saturated rings. The quantitative estimate of drug-likeness (QED) is 0.478. The molecule has 1 aliphatic rings. The Kier molecular flexibility index (Phi) is 6.30. The molecule has 0 spiro atoms. The standard InChI is InChI=1S/C22H18Cl3N3O4S/c1-12-9-16-19(11-27(12)20(29)13-3-8-17(23)18(24)10-13)26-22(25)28(21(16)30)14-4-6-15(7-5-14)33(2,31)32/h3-8,10,12H,9,11H2,1-2H3/t12-/m1/s1. The molecule has 0 bridgehead atoms. The van der Waals surface area contributed by atoms with Crippen molar-refractivity contribution in [2.75, 3.05) is 6.26 Å². The van der Waals surface area contributed by atoms with Gasteiger partial charge in [-0.25, -0.2) is 13.4 Å². The lowest BCUT2D eigenvalue weighted by molar-refractivity contribution is 0.0653. The number of benzene rings is 2. The third-order valence-electron chi connectivity index (χ3n) is 5.52. The second-order valence-corrected chi connectivity index (χ2v) is 11.0. The molecule has 172 valence electrons. The van der Waals surface area contributed by atoms with E-state index in [-0.39, 0.29) is 45.7 Å². The van der Waals surface area contributed by atoms with Crippen LogP contribution in [0.25, 0.3) is 5.69 Å². The molecule has 0 N–H and O–H groups in total. The first-order valence-corrected chi connectivity index (χ1v) is 12.9. The van der Waals surface area contributed by atoms with Crippen molar-refractivity contribution in [3.63, 3.8) is 0 Å². The largest absolute Gasteiger partial charge is 0.330 e. The van der Waals surface area contributed by atoms with Crippen molar-refractivity contribution in [3.8, 4) is 5.69 Å². The lowest BCUT2D eigenvalue weighted by Gasteiger charge is -2.34. The van der Waals surface area contributed by atoms with Crippen LogP contribution >= 0.6 is 34.8 Å². The van der Waals surface area contributed by atoms with E-state index in [9.17, 15) is 18.0 Å². The summed E-state index contributed by atoms with van der Waals surface area (Å²) in [5.41, 5.74) is 1.29. The second-order valence-electron chi connectivity index (χ2n) is 7.83. The van der Waals surface area contributed by atoms with Gasteiger partial charge in [0.2, 0.25) is 5.28 Å². The Morgan fingerprint density at radius 1 is 1.06 bits per heavy atom. The topological polar surface area (TPSA) is 89.3 Å². The monoisotopic (exact) mass is 525 g/mol. The van der Waals surface area contributed by atoms with E-state index in [1.807, 2.05) is 6.92 Å². The Labute approximate surface area is 205 Å². The molecule has 1 atom stereocenters. The molecule has 11 heteroatoms. The summed E-state index contributed by atoms with van der Waals surface area (Å²) in [6, 6.07) is 10.2. The fourth-order valence-corrected chi connectivity index (χ4v) is 4.97. The number of amides is 1. The molecule has 2 aromatic carbocycles. The number of hydrogen-bond donors (Lipinski definition) is 0. The number of rotatable bonds is 3. The van der Waals surface area contributed by atoms with Gasteiger partial charge in [0.1, 0.15) is 0 Å². The molecule has 1 amide bonds. The molecular formula is C22H18Cl3N3O4S. The molecule has 4 rings (SSSR count). The average molecular weight is 527 g/mol. The first kappa shape index (κ1) is 23.8. The SMILES string of the molecule is C[C@@H]1Cc2c(nc(Cl)n(-c3ccc(S(C)(=O)=O)cc3)c2=O)CN1C(=O)c1ccc(Cl)c(Cl)c1. The molecule has 0 aliphatic carbocycles. The van der Waals surface area contributed by atoms with Crippen LogP contribution in [0.5, 0.6) is 0 Å². The highest BCUT2D eigenvalue weighted by Gasteiger charge is 2.31. The van der Waals surface area contributed by atoms with Gasteiger partial charge in [0, 0.05) is 23.4 Å². The van der Waals surface area contributed by atoms with E-state index in [0.29, 0.717) is 27.5 Å². The van der Waals surface area contributed by atoms with Gasteiger partial charge in [-0.15, -0.1) is 0 Å². The van der Waals surface area contributed by atoms with Crippen LogP contribution in [0.4, 0.5) is 0 Å². The first-order valence-electron chi connectivity index (χ1n) is 9.84. The zero-order valence-electron chi connectivity index (χ0n) is 17.5. The van der Waals surface area contributed by atoms with Crippen LogP contribution < -0.4 is 5.56 Å². The number of aromatic nitrogens is 2. The summed E-state index contributed by atoms with van der Waals surface area (Å²) in [7, 11) is -3.38. The Morgan fingerprint density at radius 2 is 1.73 bits per heavy atom. The number of nitrogens with zero attached hydrogens (tertiary/aromatic N) is 3. The number of fused-ring (bicyclic) bond motifs is 1. The van der Waals surface area contributed by atoms with Crippen molar-refractivity contribution in [1.82, 2.24) is 14.5 Å². The van der Waals surface area contributed by atoms with Crippen molar-refractivity contribution in [1.29, 1.82) is 0 Å². The molecule has 0 unspecified atom stereocenters. The molecule has 7 nitrogen and oxygen atoms in total. The Bertz CT molecular complexity index is 1440. The zero-order valence-corrected chi connectivity index (χ0v) is 20.6. The molecule has 1 aliphatic heterocycles. The van der Waals surface area contributed by atoms with Crippen molar-refractivity contribution >= 4 is 50.5 Å². The fraction of sp³-hybridized carbons (Fsp3) is 0.227. The number of hydrogen-bond acceptors (Lipinski definition) is 5. The van der Waals surface area contributed by atoms with Gasteiger partial charge in [0.25, 0.3) is 11.5 Å². The van der Waals surface area contributed by atoms with E-state index < -0.39 is 9.84 Å². The van der Waals surface area contributed by atoms with Crippen LogP contribution in [-0.4, -0.2) is 41.1 Å². The molecular weight excluding hydrogens is 509 g/mol. The Balaban J connectivity index is 1.70. The zero-order chi connectivity index (χ0) is 24.1. The minimum Gasteiger partial charge on any atom is -0.330 e. The third-order valence-corrected chi connectivity index (χ3v) is 7.64. The summed E-state index contributed by atoms with van der Waals surface area (Å²) < 4.78 is 24.7. The Hall–Kier alpha value is -2.39. The average Bonchev–Trinajstić information content (AvgIpc) is 2.75. The molecule has 1 aromatic heterocycles. The summed E-state index contributed by atoms with van der Waals surface area (Å²) in [5.74, 6) is -0.259. The molecule has 2 heterocycles. The molecule has 33 heavy (non-hydrogen) atoms.